The van der Waals surface area contributed by atoms with Crippen molar-refractivity contribution in [3.8, 4) is 0 Å². The van der Waals surface area contributed by atoms with Crippen LogP contribution in [0.25, 0.3) is 0 Å². The van der Waals surface area contributed by atoms with Crippen molar-refractivity contribution in [2.45, 2.75) is 70.8 Å². The molecular formula is C36H49NO33. The zero-order valence-corrected chi connectivity index (χ0v) is 37.0. The molecule has 2 aromatic carbocycles. The van der Waals surface area contributed by atoms with E-state index >= 15 is 0 Å². The Hall–Kier alpha value is -4.53. The van der Waals surface area contributed by atoms with Crippen molar-refractivity contribution in [2.24, 2.45) is 17.1 Å². The number of nitrogens with two attached hydrogens (primary N) is 1. The molecule has 0 aromatic heterocycles. The van der Waals surface area contributed by atoms with Crippen LogP contribution in [0.5, 0.6) is 0 Å². The molecule has 0 spiro atoms. The average Bonchev–Trinajstić information content (AvgIpc) is 3.35. The summed E-state index contributed by atoms with van der Waals surface area (Å²) in [4.78, 5) is 82.9. The molecule has 34 heteroatoms. The zero-order chi connectivity index (χ0) is 50.8. The molecule has 2 aromatic rings. The highest BCUT2D eigenvalue weighted by atomic mass is 18.0. The molecule has 0 radical (unpaired) electrons. The van der Waals surface area contributed by atoms with Crippen molar-refractivity contribution >= 4 is 29.1 Å². The SMILES string of the molecule is COOOOOOOOOOOOOCC(COOOOOOOOOOOOOC)(COC(=O)CCCC(=O)CC(Cc1ccccc1)C(=O)CCC(=O)Cc1ccc(CO)cc1)CC(=O)CCN. The summed E-state index contributed by atoms with van der Waals surface area (Å²) < 4.78 is 5.42. The summed E-state index contributed by atoms with van der Waals surface area (Å²) in [6, 6.07) is 15.9. The number of carbonyl (C=O) groups excluding carboxylic acids is 5. The number of aliphatic hydroxyl groups excluding tert-OH is 1. The highest BCUT2D eigenvalue weighted by Gasteiger charge is 2.37. The van der Waals surface area contributed by atoms with Gasteiger partial charge in [-0.15, -0.1) is 0 Å². The van der Waals surface area contributed by atoms with Gasteiger partial charge in [-0.25, -0.2) is 19.6 Å². The van der Waals surface area contributed by atoms with Gasteiger partial charge in [-0.2, -0.15) is 0 Å². The van der Waals surface area contributed by atoms with Gasteiger partial charge < -0.3 is 15.6 Å². The third-order valence-electron chi connectivity index (χ3n) is 8.40. The van der Waals surface area contributed by atoms with Crippen LogP contribution in [-0.2, 0) is 179 Å². The molecule has 0 heterocycles. The van der Waals surface area contributed by atoms with Gasteiger partial charge in [0, 0.05) is 57.3 Å². The maximum absolute atomic E-state index is 13.4. The largest absolute Gasteiger partial charge is 0.465 e. The van der Waals surface area contributed by atoms with Crippen LogP contribution < -0.4 is 5.73 Å². The molecule has 0 saturated carbocycles. The van der Waals surface area contributed by atoms with Gasteiger partial charge in [0.1, 0.15) is 29.7 Å². The Balaban J connectivity index is 1.96. The molecule has 0 fully saturated rings. The Labute approximate surface area is 393 Å². The minimum absolute atomic E-state index is 0.00980. The Morgan fingerprint density at radius 1 is 0.514 bits per heavy atom. The molecule has 0 amide bonds. The van der Waals surface area contributed by atoms with E-state index in [9.17, 15) is 29.1 Å². The molecule has 1 atom stereocenters. The second-order valence-electron chi connectivity index (χ2n) is 13.4. The first-order chi connectivity index (χ1) is 34.1. The zero-order valence-electron chi connectivity index (χ0n) is 37.0. The molecule has 3 N–H and O–H groups in total. The van der Waals surface area contributed by atoms with E-state index in [1.165, 1.54) is 0 Å². The minimum Gasteiger partial charge on any atom is -0.465 e. The highest BCUT2D eigenvalue weighted by Crippen LogP contribution is 2.27. The summed E-state index contributed by atoms with van der Waals surface area (Å²) >= 11 is 0. The standard InChI is InChI=1S/C36H49NO33/c1-44-49-53-57-61-65-69-67-63-59-55-51-47-25-36(22-33(41)17-18-37,26-48-52-56-60-64-68-70-66-62-58-54-50-45-2)24-46-35(43)10-6-9-31(39)21-30(19-27-7-4-3-5-8-27)34(42)16-15-32(40)20-28-11-13-29(23-38)14-12-28/h3-5,7-8,11-14,30,38H,6,9-10,15-26,37H2,1-2H3. The topological polar surface area (TPSA) is 381 Å². The van der Waals surface area contributed by atoms with Gasteiger partial charge in [-0.3, -0.25) is 24.0 Å². The Morgan fingerprint density at radius 3 is 1.49 bits per heavy atom. The molecule has 0 saturated heterocycles. The number of hydrogen-bond donors (Lipinski definition) is 2. The predicted octanol–water partition coefficient (Wildman–Crippen LogP) is 2.12. The van der Waals surface area contributed by atoms with Gasteiger partial charge in [0.25, 0.3) is 0 Å². The van der Waals surface area contributed by atoms with Crippen molar-refractivity contribution in [3.05, 3.63) is 71.3 Å². The molecule has 0 aliphatic rings. The first-order valence-electron chi connectivity index (χ1n) is 19.8. The van der Waals surface area contributed by atoms with E-state index in [1.807, 2.05) is 18.2 Å². The van der Waals surface area contributed by atoms with Crippen LogP contribution >= 0.6 is 0 Å². The minimum atomic E-state index is -1.73. The Kier molecular flexibility index (Phi) is 36.2. The molecule has 34 nitrogen and oxygen atoms in total. The van der Waals surface area contributed by atoms with E-state index < -0.39 is 49.3 Å². The first-order valence-corrected chi connectivity index (χ1v) is 19.8. The van der Waals surface area contributed by atoms with Crippen LogP contribution in [0.3, 0.4) is 0 Å². The van der Waals surface area contributed by atoms with Gasteiger partial charge in [-0.1, -0.05) is 54.6 Å². The normalized spacial score (nSPS) is 12.0. The summed E-state index contributed by atoms with van der Waals surface area (Å²) in [5.74, 6) is -2.86. The molecular weight excluding hydrogens is 974 g/mol. The molecule has 0 aliphatic heterocycles. The van der Waals surface area contributed by atoms with Crippen molar-refractivity contribution in [2.75, 3.05) is 40.6 Å². The number of rotatable bonds is 49. The molecule has 1 unspecified atom stereocenters. The number of Topliss-reactive ketones (excluding diaryl/α,β-unsaturated/α-hetero) is 4. The fourth-order valence-electron chi connectivity index (χ4n) is 5.40. The molecule has 0 aliphatic carbocycles. The van der Waals surface area contributed by atoms with Crippen molar-refractivity contribution in [3.63, 3.8) is 0 Å². The fraction of sp³-hybridized carbons (Fsp3) is 0.528. The Morgan fingerprint density at radius 2 is 1.00 bits per heavy atom. The fourth-order valence-corrected chi connectivity index (χ4v) is 5.40. The van der Waals surface area contributed by atoms with E-state index in [1.54, 1.807) is 36.4 Å². The quantitative estimate of drug-likeness (QED) is 0.0415. The van der Waals surface area contributed by atoms with Gasteiger partial charge >= 0.3 is 5.97 Å². The second-order valence-corrected chi connectivity index (χ2v) is 13.4. The monoisotopic (exact) mass is 1020 g/mol. The predicted molar refractivity (Wildman–Crippen MR) is 199 cm³/mol. The number of hydrogen-bond acceptors (Lipinski definition) is 34. The smallest absolute Gasteiger partial charge is 0.305 e. The number of esters is 1. The average molecular weight is 1020 g/mol. The number of benzene rings is 2. The van der Waals surface area contributed by atoms with Crippen molar-refractivity contribution in [1.82, 2.24) is 0 Å². The number of ketones is 4. The molecule has 396 valence electrons. The second kappa shape index (κ2) is 41.1. The number of carbonyl (C=O) groups is 5. The van der Waals surface area contributed by atoms with E-state index in [2.05, 4.69) is 121 Å². The van der Waals surface area contributed by atoms with E-state index in [0.29, 0.717) is 5.56 Å². The van der Waals surface area contributed by atoms with Crippen LogP contribution in [0, 0.1) is 11.3 Å². The molecule has 0 bridgehead atoms. The number of aliphatic hydroxyl groups is 1. The van der Waals surface area contributed by atoms with Gasteiger partial charge in [0.05, 0.1) is 39.5 Å². The van der Waals surface area contributed by atoms with Gasteiger partial charge in [0.2, 0.25) is 0 Å². The lowest BCUT2D eigenvalue weighted by Crippen LogP contribution is -2.40. The molecule has 70 heavy (non-hydrogen) atoms. The lowest BCUT2D eigenvalue weighted by molar-refractivity contribution is -0.870. The third-order valence-corrected chi connectivity index (χ3v) is 8.40. The van der Waals surface area contributed by atoms with Crippen molar-refractivity contribution < 1.29 is 164 Å². The van der Waals surface area contributed by atoms with Crippen LogP contribution in [0.2, 0.25) is 0 Å². The number of ether oxygens (including phenoxy) is 1. The van der Waals surface area contributed by atoms with E-state index in [0.717, 1.165) is 25.3 Å². The summed E-state index contributed by atoms with van der Waals surface area (Å²) in [7, 11) is 2.13. The maximum atomic E-state index is 13.4. The first kappa shape index (κ1) is 61.6. The summed E-state index contributed by atoms with van der Waals surface area (Å²) in [6.07, 6.45) is -1.04. The lowest BCUT2D eigenvalue weighted by atomic mass is 9.84. The van der Waals surface area contributed by atoms with Crippen LogP contribution in [0.1, 0.15) is 68.1 Å². The summed E-state index contributed by atoms with van der Waals surface area (Å²) in [5.41, 5.74) is 6.05. The van der Waals surface area contributed by atoms with Crippen LogP contribution in [-0.4, -0.2) is 74.8 Å². The van der Waals surface area contributed by atoms with Crippen LogP contribution in [0.15, 0.2) is 54.6 Å². The Bertz CT molecular complexity index is 1650. The lowest BCUT2D eigenvalue weighted by Gasteiger charge is -2.30. The van der Waals surface area contributed by atoms with E-state index in [4.69, 9.17) is 20.2 Å². The van der Waals surface area contributed by atoms with E-state index in [-0.39, 0.29) is 88.3 Å². The molecule has 2 rings (SSSR count). The maximum Gasteiger partial charge on any atom is 0.305 e. The van der Waals surface area contributed by atoms with Crippen LogP contribution in [0.4, 0.5) is 0 Å². The summed E-state index contributed by atoms with van der Waals surface area (Å²) in [6.45, 7) is -2.39. The third kappa shape index (κ3) is 31.6. The van der Waals surface area contributed by atoms with Crippen molar-refractivity contribution in [1.29, 1.82) is 0 Å². The van der Waals surface area contributed by atoms with Gasteiger partial charge in [-0.05, 0) is 147 Å². The summed E-state index contributed by atoms with van der Waals surface area (Å²) in [5, 5.41) is 93.8. The highest BCUT2D eigenvalue weighted by molar-refractivity contribution is 5.91. The van der Waals surface area contributed by atoms with Gasteiger partial charge in [0.15, 0.2) is 0 Å².